The minimum atomic E-state index is -1.28. The molecule has 0 spiro atoms. The van der Waals surface area contributed by atoms with Crippen molar-refractivity contribution in [2.24, 2.45) is 17.8 Å². The van der Waals surface area contributed by atoms with Crippen LogP contribution in [0.4, 0.5) is 0 Å². The number of likely N-dealkylation sites (N-methyl/N-ethyl adjacent to an activating group) is 1. The zero-order valence-corrected chi connectivity index (χ0v) is 27.9. The van der Waals surface area contributed by atoms with Crippen LogP contribution in [0.2, 0.25) is 0 Å². The van der Waals surface area contributed by atoms with E-state index >= 15 is 0 Å². The maximum atomic E-state index is 14.1. The van der Waals surface area contributed by atoms with Gasteiger partial charge in [0, 0.05) is 41.9 Å². The number of hydrogen-bond donors (Lipinski definition) is 2. The molecule has 3 aromatic rings. The van der Waals surface area contributed by atoms with Crippen LogP contribution in [0.15, 0.2) is 35.7 Å². The Morgan fingerprint density at radius 1 is 1.15 bits per heavy atom. The number of carbonyl (C=O) groups excluding carboxylic acids is 2. The highest BCUT2D eigenvalue weighted by molar-refractivity contribution is 7.13. The van der Waals surface area contributed by atoms with Gasteiger partial charge in [-0.25, -0.2) is 14.8 Å². The van der Waals surface area contributed by atoms with E-state index in [4.69, 9.17) is 19.4 Å². The van der Waals surface area contributed by atoms with Gasteiger partial charge in [0.15, 0.2) is 0 Å². The first kappa shape index (κ1) is 32.0. The fourth-order valence-corrected chi connectivity index (χ4v) is 7.96. The highest BCUT2D eigenvalue weighted by Crippen LogP contribution is 2.51. The number of carbonyl (C=O) groups is 3. The summed E-state index contributed by atoms with van der Waals surface area (Å²) >= 11 is 1.53. The molecule has 46 heavy (non-hydrogen) atoms. The number of nitrogens with zero attached hydrogens (tertiary/aromatic N) is 3. The Balaban J connectivity index is 1.35. The van der Waals surface area contributed by atoms with Gasteiger partial charge in [0.1, 0.15) is 33.8 Å². The molecule has 2 fully saturated rings. The maximum Gasteiger partial charge on any atom is 0.330 e. The molecule has 6 rings (SSSR count). The molecule has 2 aliphatic carbocycles. The van der Waals surface area contributed by atoms with E-state index < -0.39 is 29.4 Å². The number of methoxy groups -OCH3 is 1. The van der Waals surface area contributed by atoms with E-state index in [1.165, 1.54) is 16.2 Å². The van der Waals surface area contributed by atoms with Gasteiger partial charge in [-0.3, -0.25) is 9.59 Å². The molecular weight excluding hydrogens is 604 g/mol. The molecule has 1 aromatic carbocycles. The number of aryl methyl sites for hydroxylation is 1. The average molecular weight is 647 g/mol. The summed E-state index contributed by atoms with van der Waals surface area (Å²) in [5.74, 6) is -1.53. The summed E-state index contributed by atoms with van der Waals surface area (Å²) in [5.41, 5.74) is 1.99. The molecule has 5 atom stereocenters. The normalized spacial score (nSPS) is 27.5. The first-order chi connectivity index (χ1) is 22.0. The number of ether oxygens (including phenoxy) is 2. The Kier molecular flexibility index (Phi) is 8.80. The van der Waals surface area contributed by atoms with Crippen molar-refractivity contribution >= 4 is 40.0 Å². The summed E-state index contributed by atoms with van der Waals surface area (Å²) in [7, 11) is 3.19. The van der Waals surface area contributed by atoms with Crippen LogP contribution < -0.4 is 14.8 Å². The summed E-state index contributed by atoms with van der Waals surface area (Å²) in [5, 5.41) is 16.9. The van der Waals surface area contributed by atoms with Gasteiger partial charge in [-0.2, -0.15) is 0 Å². The fourth-order valence-electron chi connectivity index (χ4n) is 7.02. The molecule has 2 aromatic heterocycles. The topological polar surface area (TPSA) is 131 Å². The van der Waals surface area contributed by atoms with Gasteiger partial charge in [0.05, 0.1) is 30.2 Å². The number of carboxylic acid groups (broad SMARTS) is 1. The first-order valence-electron chi connectivity index (χ1n) is 16.1. The van der Waals surface area contributed by atoms with Crippen molar-refractivity contribution in [1.29, 1.82) is 0 Å². The summed E-state index contributed by atoms with van der Waals surface area (Å²) in [4.78, 5) is 51.3. The molecule has 244 valence electrons. The molecule has 10 nitrogen and oxygen atoms in total. The van der Waals surface area contributed by atoms with Gasteiger partial charge in [0.2, 0.25) is 11.8 Å². The van der Waals surface area contributed by atoms with Crippen LogP contribution in [0, 0.1) is 24.7 Å². The smallest absolute Gasteiger partial charge is 0.330 e. The molecule has 2 N–H and O–H groups in total. The second-order valence-electron chi connectivity index (χ2n) is 13.1. The lowest BCUT2D eigenvalue weighted by molar-refractivity contribution is -0.154. The third kappa shape index (κ3) is 5.74. The number of aliphatic carboxylic acids is 1. The van der Waals surface area contributed by atoms with Crippen LogP contribution in [-0.2, 0) is 14.4 Å². The number of carboxylic acids is 1. The Morgan fingerprint density at radius 3 is 2.65 bits per heavy atom. The van der Waals surface area contributed by atoms with E-state index in [1.807, 2.05) is 42.7 Å². The van der Waals surface area contributed by atoms with Crippen LogP contribution in [0.1, 0.15) is 69.5 Å². The molecule has 3 aliphatic rings. The van der Waals surface area contributed by atoms with Gasteiger partial charge >= 0.3 is 5.97 Å². The molecule has 0 saturated heterocycles. The van der Waals surface area contributed by atoms with E-state index in [0.29, 0.717) is 43.0 Å². The maximum absolute atomic E-state index is 14.1. The lowest BCUT2D eigenvalue weighted by atomic mass is 9.92. The highest BCUT2D eigenvalue weighted by atomic mass is 32.1. The number of aromatic nitrogens is 2. The molecule has 0 radical (unpaired) electrons. The van der Waals surface area contributed by atoms with Crippen molar-refractivity contribution in [3.63, 3.8) is 0 Å². The number of benzene rings is 1. The monoisotopic (exact) mass is 646 g/mol. The van der Waals surface area contributed by atoms with E-state index in [1.54, 1.807) is 14.2 Å². The minimum absolute atomic E-state index is 0.188. The SMILES string of the molecule is COc1ccc2c(OC3CC4C(=O)NCCCC/C=C/C5CC5(C(=O)O)N(C)C(=O)C4C3)cc(-c3nc(C(C)C)cs3)nc2c1C. The number of nitrogens with one attached hydrogen (secondary N) is 1. The first-order valence-corrected chi connectivity index (χ1v) is 17.0. The van der Waals surface area contributed by atoms with Gasteiger partial charge in [-0.1, -0.05) is 26.0 Å². The van der Waals surface area contributed by atoms with Gasteiger partial charge < -0.3 is 24.8 Å². The molecule has 0 bridgehead atoms. The van der Waals surface area contributed by atoms with Crippen molar-refractivity contribution in [3.8, 4) is 22.2 Å². The summed E-state index contributed by atoms with van der Waals surface area (Å²) in [6, 6.07) is 5.70. The zero-order valence-electron chi connectivity index (χ0n) is 27.0. The van der Waals surface area contributed by atoms with Crippen LogP contribution in [-0.4, -0.2) is 70.1 Å². The summed E-state index contributed by atoms with van der Waals surface area (Å²) in [6.45, 7) is 6.69. The molecule has 3 heterocycles. The number of pyridine rings is 1. The number of allylic oxidation sites excluding steroid dienone is 1. The highest BCUT2D eigenvalue weighted by Gasteiger charge is 2.64. The molecule has 5 unspecified atom stereocenters. The largest absolute Gasteiger partial charge is 0.496 e. The number of rotatable bonds is 6. The van der Waals surface area contributed by atoms with Crippen molar-refractivity contribution in [1.82, 2.24) is 20.2 Å². The standard InChI is InChI=1S/C35H42N4O6S/c1-19(2)27-18-46-32(38-27)26-16-29(23-11-12-28(44-5)20(3)30(23)37-26)45-22-14-24-25(15-22)33(41)39(4)35(34(42)43)17-21(35)10-8-6-7-9-13-36-31(24)40/h8,10-12,16,18-19,21-22,24-25H,6-7,9,13-15,17H2,1-5H3,(H,36,40)(H,42,43)/b10-8+. The number of fused-ring (bicyclic) bond motifs is 3. The van der Waals surface area contributed by atoms with E-state index in [-0.39, 0.29) is 23.7 Å². The lowest BCUT2D eigenvalue weighted by Gasteiger charge is -2.30. The van der Waals surface area contributed by atoms with Crippen molar-refractivity contribution in [2.45, 2.75) is 76.9 Å². The summed E-state index contributed by atoms with van der Waals surface area (Å²) < 4.78 is 12.3. The Morgan fingerprint density at radius 2 is 1.93 bits per heavy atom. The average Bonchev–Trinajstić information content (AvgIpc) is 3.34. The minimum Gasteiger partial charge on any atom is -0.496 e. The van der Waals surface area contributed by atoms with E-state index in [9.17, 15) is 19.5 Å². The molecule has 1 aliphatic heterocycles. The second-order valence-corrected chi connectivity index (χ2v) is 14.0. The van der Waals surface area contributed by atoms with Crippen LogP contribution in [0.25, 0.3) is 21.6 Å². The molecular formula is C35H42N4O6S. The molecule has 2 amide bonds. The number of amides is 2. The Labute approximate surface area is 273 Å². The predicted molar refractivity (Wildman–Crippen MR) is 176 cm³/mol. The third-order valence-electron chi connectivity index (χ3n) is 9.92. The lowest BCUT2D eigenvalue weighted by Crippen LogP contribution is -2.50. The van der Waals surface area contributed by atoms with Gasteiger partial charge in [0.25, 0.3) is 0 Å². The van der Waals surface area contributed by atoms with Crippen molar-refractivity contribution in [2.75, 3.05) is 20.7 Å². The Hall–Kier alpha value is -3.99. The van der Waals surface area contributed by atoms with Crippen LogP contribution in [0.3, 0.4) is 0 Å². The van der Waals surface area contributed by atoms with Crippen LogP contribution >= 0.6 is 11.3 Å². The predicted octanol–water partition coefficient (Wildman–Crippen LogP) is 5.73. The third-order valence-corrected chi connectivity index (χ3v) is 10.8. The zero-order chi connectivity index (χ0) is 32.7. The van der Waals surface area contributed by atoms with Gasteiger partial charge in [-0.15, -0.1) is 11.3 Å². The Bertz CT molecular complexity index is 1700. The summed E-state index contributed by atoms with van der Waals surface area (Å²) in [6.07, 6.45) is 6.98. The molecule has 2 saturated carbocycles. The van der Waals surface area contributed by atoms with Gasteiger partial charge in [-0.05, 0) is 63.5 Å². The fraction of sp³-hybridized carbons (Fsp3) is 0.514. The van der Waals surface area contributed by atoms with Crippen molar-refractivity contribution in [3.05, 3.63) is 47.0 Å². The second kappa shape index (κ2) is 12.7. The quantitative estimate of drug-likeness (QED) is 0.325. The molecule has 11 heteroatoms. The van der Waals surface area contributed by atoms with E-state index in [0.717, 1.165) is 46.4 Å². The van der Waals surface area contributed by atoms with E-state index in [2.05, 4.69) is 19.2 Å². The van der Waals surface area contributed by atoms with Crippen molar-refractivity contribution < 1.29 is 29.0 Å². The number of hydrogen-bond acceptors (Lipinski definition) is 8. The van der Waals surface area contributed by atoms with Crippen LogP contribution in [0.5, 0.6) is 11.5 Å². The number of thiazole rings is 1.